The Morgan fingerprint density at radius 3 is 2.45 bits per heavy atom. The van der Waals surface area contributed by atoms with Crippen LogP contribution in [0.2, 0.25) is 0 Å². The lowest BCUT2D eigenvalue weighted by atomic mass is 10.2. The second kappa shape index (κ2) is 11.0. The summed E-state index contributed by atoms with van der Waals surface area (Å²) in [5.41, 5.74) is 1.28. The fourth-order valence-electron chi connectivity index (χ4n) is 3.42. The number of thioether (sulfide) groups is 1. The van der Waals surface area contributed by atoms with Gasteiger partial charge in [0.25, 0.3) is 0 Å². The first-order valence-corrected chi connectivity index (χ1v) is 11.2. The molecule has 1 aromatic heterocycles. The Morgan fingerprint density at radius 1 is 1.14 bits per heavy atom. The molecular formula is C21H31N7S. The third-order valence-electron chi connectivity index (χ3n) is 5.07. The summed E-state index contributed by atoms with van der Waals surface area (Å²) >= 11 is 1.77. The van der Waals surface area contributed by atoms with Crippen LogP contribution in [0.3, 0.4) is 0 Å². The first-order valence-electron chi connectivity index (χ1n) is 9.98. The zero-order valence-corrected chi connectivity index (χ0v) is 18.4. The number of hydrogen-bond donors (Lipinski definition) is 1. The number of nitrogens with one attached hydrogen (secondary N) is 1. The van der Waals surface area contributed by atoms with Crippen LogP contribution < -0.4 is 10.2 Å². The zero-order valence-electron chi connectivity index (χ0n) is 17.6. The van der Waals surface area contributed by atoms with Gasteiger partial charge in [-0.1, -0.05) is 12.1 Å². The van der Waals surface area contributed by atoms with E-state index in [1.165, 1.54) is 10.5 Å². The highest BCUT2D eigenvalue weighted by molar-refractivity contribution is 7.98. The van der Waals surface area contributed by atoms with Crippen LogP contribution in [0.4, 0.5) is 5.95 Å². The lowest BCUT2D eigenvalue weighted by Crippen LogP contribution is -2.49. The highest BCUT2D eigenvalue weighted by Crippen LogP contribution is 2.15. The number of nitrogens with zero attached hydrogens (tertiary/aromatic N) is 6. The van der Waals surface area contributed by atoms with Gasteiger partial charge >= 0.3 is 0 Å². The summed E-state index contributed by atoms with van der Waals surface area (Å²) in [6, 6.07) is 10.6. The maximum atomic E-state index is 4.44. The van der Waals surface area contributed by atoms with Crippen LogP contribution in [0.25, 0.3) is 0 Å². The third kappa shape index (κ3) is 6.33. The number of rotatable bonds is 7. The predicted octanol–water partition coefficient (Wildman–Crippen LogP) is 2.03. The van der Waals surface area contributed by atoms with E-state index in [0.717, 1.165) is 57.7 Å². The molecule has 0 aliphatic carbocycles. The van der Waals surface area contributed by atoms with E-state index in [-0.39, 0.29) is 0 Å². The normalized spacial score (nSPS) is 15.4. The second-order valence-corrected chi connectivity index (χ2v) is 7.94. The highest BCUT2D eigenvalue weighted by Gasteiger charge is 2.18. The number of aliphatic imine (C=N–C) groups is 1. The molecule has 8 heteroatoms. The third-order valence-corrected chi connectivity index (χ3v) is 5.81. The van der Waals surface area contributed by atoms with Gasteiger partial charge in [-0.15, -0.1) is 11.8 Å². The SMILES string of the molecule is CN=C(NCCN1CCN(c2ncccn2)CC1)N(C)Cc1ccc(SC)cc1. The monoisotopic (exact) mass is 413 g/mol. The fourth-order valence-corrected chi connectivity index (χ4v) is 3.82. The lowest BCUT2D eigenvalue weighted by molar-refractivity contribution is 0.259. The first kappa shape index (κ1) is 21.4. The molecule has 7 nitrogen and oxygen atoms in total. The summed E-state index contributed by atoms with van der Waals surface area (Å²) in [5.74, 6) is 1.76. The summed E-state index contributed by atoms with van der Waals surface area (Å²) in [5, 5.41) is 3.49. The van der Waals surface area contributed by atoms with Gasteiger partial charge in [-0.2, -0.15) is 0 Å². The molecule has 0 saturated carbocycles. The van der Waals surface area contributed by atoms with E-state index in [1.807, 2.05) is 13.1 Å². The molecule has 1 aliphatic rings. The summed E-state index contributed by atoms with van der Waals surface area (Å²) in [7, 11) is 3.92. The van der Waals surface area contributed by atoms with Crippen molar-refractivity contribution in [1.82, 2.24) is 25.1 Å². The van der Waals surface area contributed by atoms with Crippen molar-refractivity contribution in [3.63, 3.8) is 0 Å². The van der Waals surface area contributed by atoms with E-state index < -0.39 is 0 Å². The van der Waals surface area contributed by atoms with Crippen LogP contribution in [0.5, 0.6) is 0 Å². The molecule has 0 amide bonds. The van der Waals surface area contributed by atoms with Crippen molar-refractivity contribution < 1.29 is 0 Å². The highest BCUT2D eigenvalue weighted by atomic mass is 32.2. The summed E-state index contributed by atoms with van der Waals surface area (Å²) < 4.78 is 0. The molecule has 3 rings (SSSR count). The molecule has 1 aliphatic heterocycles. The summed E-state index contributed by atoms with van der Waals surface area (Å²) in [4.78, 5) is 21.3. The Labute approximate surface area is 178 Å². The van der Waals surface area contributed by atoms with Gasteiger partial charge in [0.05, 0.1) is 0 Å². The van der Waals surface area contributed by atoms with Crippen molar-refractivity contribution in [3.8, 4) is 0 Å². The van der Waals surface area contributed by atoms with Crippen LogP contribution in [0.1, 0.15) is 5.56 Å². The number of aromatic nitrogens is 2. The fraction of sp³-hybridized carbons (Fsp3) is 0.476. The van der Waals surface area contributed by atoms with E-state index in [2.05, 4.69) is 72.5 Å². The van der Waals surface area contributed by atoms with Crippen LogP contribution in [0, 0.1) is 0 Å². The van der Waals surface area contributed by atoms with Gasteiger partial charge in [0.2, 0.25) is 5.95 Å². The molecule has 156 valence electrons. The minimum Gasteiger partial charge on any atom is -0.355 e. The van der Waals surface area contributed by atoms with E-state index in [1.54, 1.807) is 24.2 Å². The Morgan fingerprint density at radius 2 is 1.83 bits per heavy atom. The summed E-state index contributed by atoms with van der Waals surface area (Å²) in [6.07, 6.45) is 5.71. The van der Waals surface area contributed by atoms with Crippen LogP contribution >= 0.6 is 11.8 Å². The molecule has 0 unspecified atom stereocenters. The van der Waals surface area contributed by atoms with Gasteiger partial charge in [0, 0.05) is 77.2 Å². The quantitative estimate of drug-likeness (QED) is 0.423. The van der Waals surface area contributed by atoms with Gasteiger partial charge in [-0.25, -0.2) is 9.97 Å². The van der Waals surface area contributed by atoms with Crippen LogP contribution in [-0.2, 0) is 6.54 Å². The molecular weight excluding hydrogens is 382 g/mol. The first-order chi connectivity index (χ1) is 14.2. The maximum absolute atomic E-state index is 4.44. The number of guanidine groups is 1. The average Bonchev–Trinajstić information content (AvgIpc) is 2.78. The number of anilines is 1. The molecule has 1 aromatic carbocycles. The van der Waals surface area contributed by atoms with Crippen molar-refractivity contribution in [2.75, 3.05) is 64.5 Å². The van der Waals surface area contributed by atoms with E-state index in [9.17, 15) is 0 Å². The molecule has 1 saturated heterocycles. The predicted molar refractivity (Wildman–Crippen MR) is 122 cm³/mol. The lowest BCUT2D eigenvalue weighted by Gasteiger charge is -2.34. The number of piperazine rings is 1. The molecule has 2 heterocycles. The average molecular weight is 414 g/mol. The Bertz CT molecular complexity index is 758. The molecule has 0 radical (unpaired) electrons. The van der Waals surface area contributed by atoms with Gasteiger partial charge in [-0.05, 0) is 30.0 Å². The molecule has 2 aromatic rings. The topological polar surface area (TPSA) is 59.9 Å². The minimum atomic E-state index is 0.831. The second-order valence-electron chi connectivity index (χ2n) is 7.06. The number of hydrogen-bond acceptors (Lipinski definition) is 6. The largest absolute Gasteiger partial charge is 0.355 e. The van der Waals surface area contributed by atoms with Crippen molar-refractivity contribution in [3.05, 3.63) is 48.3 Å². The van der Waals surface area contributed by atoms with E-state index >= 15 is 0 Å². The van der Waals surface area contributed by atoms with Crippen LogP contribution in [0.15, 0.2) is 52.6 Å². The van der Waals surface area contributed by atoms with Crippen LogP contribution in [-0.4, -0.2) is 85.3 Å². The van der Waals surface area contributed by atoms with Crippen molar-refractivity contribution >= 4 is 23.7 Å². The summed E-state index contributed by atoms with van der Waals surface area (Å²) in [6.45, 7) is 6.69. The molecule has 0 atom stereocenters. The minimum absolute atomic E-state index is 0.831. The molecule has 1 N–H and O–H groups in total. The van der Waals surface area contributed by atoms with E-state index in [4.69, 9.17) is 0 Å². The van der Waals surface area contributed by atoms with Crippen molar-refractivity contribution in [2.24, 2.45) is 4.99 Å². The van der Waals surface area contributed by atoms with Gasteiger partial charge < -0.3 is 15.1 Å². The maximum Gasteiger partial charge on any atom is 0.225 e. The Hall–Kier alpha value is -2.32. The van der Waals surface area contributed by atoms with Gasteiger partial charge in [0.15, 0.2) is 5.96 Å². The van der Waals surface area contributed by atoms with Crippen molar-refractivity contribution in [1.29, 1.82) is 0 Å². The Kier molecular flexibility index (Phi) is 8.13. The molecule has 1 fully saturated rings. The molecule has 0 spiro atoms. The van der Waals surface area contributed by atoms with Gasteiger partial charge in [0.1, 0.15) is 0 Å². The standard InChI is InChI=1S/C21H31N7S/c1-22-20(26(2)17-18-5-7-19(29-3)8-6-18)25-11-12-27-13-15-28(16-14-27)21-23-9-4-10-24-21/h4-10H,11-17H2,1-3H3,(H,22,25). The zero-order chi connectivity index (χ0) is 20.5. The van der Waals surface area contributed by atoms with Crippen molar-refractivity contribution in [2.45, 2.75) is 11.4 Å². The van der Waals surface area contributed by atoms with E-state index in [0.29, 0.717) is 0 Å². The number of benzene rings is 1. The Balaban J connectivity index is 1.39. The van der Waals surface area contributed by atoms with Gasteiger partial charge in [-0.3, -0.25) is 9.89 Å². The molecule has 0 bridgehead atoms. The molecule has 29 heavy (non-hydrogen) atoms. The smallest absolute Gasteiger partial charge is 0.225 e.